The number of fused-ring (bicyclic) bond motifs is 31. The lowest BCUT2D eigenvalue weighted by molar-refractivity contribution is 1.16. The molecular weight excluding hydrogens is 2250 g/mol. The first-order valence-electron chi connectivity index (χ1n) is 47.5. The van der Waals surface area contributed by atoms with Crippen molar-refractivity contribution >= 4 is 335 Å². The molecule has 0 atom stereocenters. The molecule has 14 N–H and O–H groups in total. The van der Waals surface area contributed by atoms with Gasteiger partial charge in [-0.05, 0) is 230 Å². The van der Waals surface area contributed by atoms with Crippen LogP contribution in [-0.2, 0) is 19.6 Å². The molecule has 11 aromatic heterocycles. The van der Waals surface area contributed by atoms with E-state index >= 15 is 0 Å². The number of halogens is 7. The van der Waals surface area contributed by atoms with E-state index in [1.165, 1.54) is 97.5 Å². The average Bonchev–Trinajstić information content (AvgIpc) is 0.832. The molecule has 0 unspecified atom stereocenters. The van der Waals surface area contributed by atoms with Crippen LogP contribution in [0.5, 0.6) is 0 Å². The highest BCUT2D eigenvalue weighted by atomic mass is 79.9. The number of aryl methyl sites for hydroxylation is 1. The van der Waals surface area contributed by atoms with Crippen LogP contribution in [0.1, 0.15) is 22.4 Å². The number of hydrogen-bond donors (Lipinski definition) is 14. The van der Waals surface area contributed by atoms with E-state index in [1.54, 1.807) is 0 Å². The Balaban J connectivity index is 0.0000000966. The molecular formula is C120H79Br7N18. The van der Waals surface area contributed by atoms with Crippen LogP contribution in [0.3, 0.4) is 0 Å². The monoisotopic (exact) mass is 2320 g/mol. The van der Waals surface area contributed by atoms with Crippen molar-refractivity contribution in [3.8, 4) is 45.6 Å². The van der Waals surface area contributed by atoms with Crippen molar-refractivity contribution in [2.24, 2.45) is 0 Å². The van der Waals surface area contributed by atoms with Gasteiger partial charge in [-0.25, -0.2) is 19.9 Å². The number of aromatic nitrogens is 15. The normalized spacial score (nSPS) is 11.9. The number of para-hydroxylation sites is 2. The van der Waals surface area contributed by atoms with Crippen LogP contribution in [0.15, 0.2) is 372 Å². The minimum absolute atomic E-state index is 0.717. The van der Waals surface area contributed by atoms with Crippen molar-refractivity contribution in [2.75, 3.05) is 16.0 Å². The maximum absolute atomic E-state index is 5.23. The van der Waals surface area contributed by atoms with Gasteiger partial charge in [-0.1, -0.05) is 251 Å². The number of rotatable bonds is 13. The summed E-state index contributed by atoms with van der Waals surface area (Å²) in [6.07, 6.45) is 12.3. The second kappa shape index (κ2) is 35.9. The molecule has 30 rings (SSSR count). The minimum Gasteiger partial charge on any atom is -0.381 e. The Bertz CT molecular complexity index is 10500. The van der Waals surface area contributed by atoms with Gasteiger partial charge < -0.3 is 70.8 Å². The van der Waals surface area contributed by atoms with Crippen molar-refractivity contribution in [3.05, 3.63) is 394 Å². The highest BCUT2D eigenvalue weighted by Gasteiger charge is 2.25. The standard InChI is InChI=1S/C33H24BrN5.C32H21Br2N5.C32H22BrN5.C23H12Br3N3/c1-18-30(25-8-4-5-9-29(25)37-18)33-38-31-24-7-3-2-6-22(24)23-12-11-21(15-27(23)32(31)39-33)35-16-19-17-36-28-13-10-20(34)14-26(19)28;33-18-5-9-28-24(11-18)17(15-36-28)14-35-20-7-8-22-21-3-1-2-4-23(21)30-31(26(22)13-20)39-32(38-30)27-16-37-29-10-6-19(34)12-25(27)29;33-19-9-12-29-25(13-19)18(16-35-29)15-34-20-10-11-22-21-5-1-2-7-24(21)30-31(26(22)14-20)38-32(37-30)27-17-36-28-8-4-3-6-23(27)28;24-11-1-4-14-15-5-2-12(25)9-18(15)22-21(17(14)8-11)28-23(29-22)19-10-27-20-6-3-13(26)7-16(19)20/h2-15,17,35-37H,16H2,1H3,(H,38,39);1-13,15-16,35-37H,14H2,(H,38,39);1-14,16-17,34-36H,15H2,(H,37,38);1-10,27H,(H,28,29). The smallest absolute Gasteiger partial charge is 0.140 e. The molecule has 0 aliphatic carbocycles. The first-order valence-corrected chi connectivity index (χ1v) is 53.0. The molecule has 0 aliphatic heterocycles. The van der Waals surface area contributed by atoms with E-state index in [2.05, 4.69) is 493 Å². The van der Waals surface area contributed by atoms with Crippen LogP contribution in [0, 0.1) is 6.92 Å². The molecule has 0 radical (unpaired) electrons. The van der Waals surface area contributed by atoms with Crippen LogP contribution in [0.4, 0.5) is 17.1 Å². The number of aromatic amines is 11. The molecule has 11 heterocycles. The van der Waals surface area contributed by atoms with Crippen molar-refractivity contribution in [2.45, 2.75) is 26.6 Å². The van der Waals surface area contributed by atoms with Gasteiger partial charge >= 0.3 is 0 Å². The predicted molar refractivity (Wildman–Crippen MR) is 629 cm³/mol. The Morgan fingerprint density at radius 2 is 0.462 bits per heavy atom. The summed E-state index contributed by atoms with van der Waals surface area (Å²) in [5.74, 6) is 3.48. The topological polar surface area (TPSA) is 261 Å². The maximum Gasteiger partial charge on any atom is 0.140 e. The zero-order valence-electron chi connectivity index (χ0n) is 76.9. The highest BCUT2D eigenvalue weighted by molar-refractivity contribution is 9.11. The summed E-state index contributed by atoms with van der Waals surface area (Å²) in [6, 6.07) is 107. The lowest BCUT2D eigenvalue weighted by Gasteiger charge is -2.10. The van der Waals surface area contributed by atoms with E-state index < -0.39 is 0 Å². The third-order valence-electron chi connectivity index (χ3n) is 28.3. The van der Waals surface area contributed by atoms with Gasteiger partial charge in [-0.3, -0.25) is 0 Å². The molecule has 0 amide bonds. The van der Waals surface area contributed by atoms with Gasteiger partial charge in [-0.2, -0.15) is 0 Å². The first-order chi connectivity index (χ1) is 71.1. The Labute approximate surface area is 883 Å². The molecule has 30 aromatic rings. The van der Waals surface area contributed by atoms with Crippen LogP contribution in [0.25, 0.3) is 252 Å². The quantitative estimate of drug-likeness (QED) is 0.0496. The fourth-order valence-corrected chi connectivity index (χ4v) is 24.0. The summed E-state index contributed by atoms with van der Waals surface area (Å²) in [5.41, 5.74) is 28.3. The third kappa shape index (κ3) is 15.7. The zero-order valence-corrected chi connectivity index (χ0v) is 88.0. The Morgan fingerprint density at radius 1 is 0.207 bits per heavy atom. The molecule has 0 saturated heterocycles. The molecule has 25 heteroatoms. The molecule has 0 bridgehead atoms. The van der Waals surface area contributed by atoms with Gasteiger partial charge in [0.1, 0.15) is 23.3 Å². The minimum atomic E-state index is 0.717. The summed E-state index contributed by atoms with van der Waals surface area (Å²) in [7, 11) is 0. The molecule has 18 nitrogen and oxygen atoms in total. The Kier molecular flexibility index (Phi) is 21.9. The van der Waals surface area contributed by atoms with E-state index in [4.69, 9.17) is 19.9 Å². The summed E-state index contributed by atoms with van der Waals surface area (Å²) in [5, 5.41) is 38.1. The summed E-state index contributed by atoms with van der Waals surface area (Å²) >= 11 is 25.3. The fourth-order valence-electron chi connectivity index (χ4n) is 21.4. The van der Waals surface area contributed by atoms with E-state index in [0.29, 0.717) is 6.54 Å². The number of H-pyrrole nitrogens is 11. The van der Waals surface area contributed by atoms with Gasteiger partial charge in [-0.15, -0.1) is 0 Å². The molecule has 0 aliphatic rings. The number of nitrogens with zero attached hydrogens (tertiary/aromatic N) is 4. The fraction of sp³-hybridized carbons (Fsp3) is 0.0333. The first kappa shape index (κ1) is 88.6. The summed E-state index contributed by atoms with van der Waals surface area (Å²) in [4.78, 5) is 59.1. The lowest BCUT2D eigenvalue weighted by atomic mass is 9.99. The molecule has 0 saturated carbocycles. The van der Waals surface area contributed by atoms with Crippen molar-refractivity contribution in [3.63, 3.8) is 0 Å². The second-order valence-electron chi connectivity index (χ2n) is 36.8. The third-order valence-corrected chi connectivity index (χ3v) is 31.7. The Morgan fingerprint density at radius 3 is 0.855 bits per heavy atom. The molecule has 0 fully saturated rings. The highest BCUT2D eigenvalue weighted by Crippen LogP contribution is 2.47. The average molecular weight is 2330 g/mol. The van der Waals surface area contributed by atoms with Crippen LogP contribution in [-0.4, -0.2) is 74.8 Å². The van der Waals surface area contributed by atoms with Gasteiger partial charge in [0, 0.05) is 253 Å². The maximum atomic E-state index is 5.23. The summed E-state index contributed by atoms with van der Waals surface area (Å²) in [6.45, 7) is 4.28. The SMILES string of the molecule is Brc1ccc2[nH]cc(-c3nc4c5cc(Br)ccc5c5ccc(Br)cc5c4[nH]3)c2c1.Brc1ccc2[nH]cc(CNc3ccc4c5ccccc5c5[nH]c(-c6c[nH]c7ccc(Br)cc67)nc5c4c3)c2c1.Brc1ccc2[nH]cc(CNc3ccc4c5ccccc5c5[nH]c(-c6c[nH]c7ccccc67)nc5c4c3)c2c1.Cc1[nH]c2ccccc2c1-c1nc2c3cc(NCc4c[nH]c5ccc(Br)cc45)ccc3c3ccccc3c2[nH]1. The van der Waals surface area contributed by atoms with Gasteiger partial charge in [0.2, 0.25) is 0 Å². The van der Waals surface area contributed by atoms with E-state index in [-0.39, 0.29) is 0 Å². The largest absolute Gasteiger partial charge is 0.381 e. The van der Waals surface area contributed by atoms with E-state index in [0.717, 1.165) is 239 Å². The number of nitrogens with one attached hydrogen (secondary N) is 14. The number of benzene rings is 19. The van der Waals surface area contributed by atoms with Crippen molar-refractivity contribution in [1.82, 2.24) is 74.8 Å². The lowest BCUT2D eigenvalue weighted by Crippen LogP contribution is -1.98. The predicted octanol–water partition coefficient (Wildman–Crippen LogP) is 36.0. The van der Waals surface area contributed by atoms with Gasteiger partial charge in [0.05, 0.1) is 44.1 Å². The van der Waals surface area contributed by atoms with E-state index in [9.17, 15) is 0 Å². The molecule has 145 heavy (non-hydrogen) atoms. The van der Waals surface area contributed by atoms with Crippen molar-refractivity contribution < 1.29 is 0 Å². The van der Waals surface area contributed by atoms with Crippen LogP contribution < -0.4 is 16.0 Å². The second-order valence-corrected chi connectivity index (χ2v) is 43.2. The number of hydrogen-bond acceptors (Lipinski definition) is 7. The van der Waals surface area contributed by atoms with Crippen LogP contribution in [0.2, 0.25) is 0 Å². The van der Waals surface area contributed by atoms with E-state index in [1.807, 2.05) is 36.8 Å². The molecule has 698 valence electrons. The number of imidazole rings is 4. The zero-order chi connectivity index (χ0) is 97.1. The molecule has 19 aromatic carbocycles. The Hall–Kier alpha value is -15.3. The summed E-state index contributed by atoms with van der Waals surface area (Å²) < 4.78 is 7.42. The van der Waals surface area contributed by atoms with Crippen molar-refractivity contribution in [1.29, 1.82) is 0 Å². The molecule has 0 spiro atoms. The van der Waals surface area contributed by atoms with Crippen LogP contribution >= 0.6 is 112 Å². The van der Waals surface area contributed by atoms with Gasteiger partial charge in [0.25, 0.3) is 0 Å². The van der Waals surface area contributed by atoms with Gasteiger partial charge in [0.15, 0.2) is 0 Å². The number of anilines is 3.